The molecular formula is C16H17NO2. The van der Waals surface area contributed by atoms with Crippen molar-refractivity contribution in [2.24, 2.45) is 0 Å². The van der Waals surface area contributed by atoms with E-state index in [1.54, 1.807) is 0 Å². The molecule has 2 aromatic rings. The molecule has 19 heavy (non-hydrogen) atoms. The zero-order valence-corrected chi connectivity index (χ0v) is 10.8. The fourth-order valence-corrected chi connectivity index (χ4v) is 2.17. The van der Waals surface area contributed by atoms with Crippen LogP contribution in [0.4, 0.5) is 0 Å². The summed E-state index contributed by atoms with van der Waals surface area (Å²) in [6.45, 7) is 1.92. The van der Waals surface area contributed by atoms with Gasteiger partial charge < -0.3 is 5.11 Å². The first-order chi connectivity index (χ1) is 9.13. The summed E-state index contributed by atoms with van der Waals surface area (Å²) in [5.74, 6) is -0.863. The molecule has 0 amide bonds. The highest BCUT2D eigenvalue weighted by Crippen LogP contribution is 2.28. The molecule has 0 aromatic heterocycles. The molecule has 98 valence electrons. The zero-order chi connectivity index (χ0) is 13.7. The van der Waals surface area contributed by atoms with Crippen molar-refractivity contribution in [1.29, 1.82) is 0 Å². The standard InChI is InChI=1S/C16H17NO2/c1-16(17-12-15(18)19,13-8-4-2-5-9-13)14-10-6-3-7-11-14/h2-11,17H,12H2,1H3,(H,18,19). The summed E-state index contributed by atoms with van der Waals surface area (Å²) in [5, 5.41) is 12.0. The number of hydrogen-bond acceptors (Lipinski definition) is 2. The number of carboxylic acids is 1. The van der Waals surface area contributed by atoms with Gasteiger partial charge in [-0.3, -0.25) is 10.1 Å². The molecule has 0 aliphatic heterocycles. The lowest BCUT2D eigenvalue weighted by Gasteiger charge is -2.31. The van der Waals surface area contributed by atoms with Gasteiger partial charge in [0, 0.05) is 0 Å². The molecular weight excluding hydrogens is 238 g/mol. The molecule has 0 saturated carbocycles. The van der Waals surface area contributed by atoms with Gasteiger partial charge in [-0.05, 0) is 18.1 Å². The number of hydrogen-bond donors (Lipinski definition) is 2. The average Bonchev–Trinajstić information content (AvgIpc) is 2.46. The van der Waals surface area contributed by atoms with Crippen LogP contribution in [0.1, 0.15) is 18.1 Å². The first-order valence-corrected chi connectivity index (χ1v) is 6.21. The highest BCUT2D eigenvalue weighted by atomic mass is 16.4. The molecule has 0 fully saturated rings. The van der Waals surface area contributed by atoms with Crippen molar-refractivity contribution < 1.29 is 9.90 Å². The van der Waals surface area contributed by atoms with Crippen LogP contribution in [0, 0.1) is 0 Å². The van der Waals surface area contributed by atoms with Gasteiger partial charge in [-0.2, -0.15) is 0 Å². The largest absolute Gasteiger partial charge is 0.480 e. The monoisotopic (exact) mass is 255 g/mol. The predicted molar refractivity (Wildman–Crippen MR) is 75.0 cm³/mol. The van der Waals surface area contributed by atoms with Crippen molar-refractivity contribution in [3.8, 4) is 0 Å². The maximum absolute atomic E-state index is 10.8. The lowest BCUT2D eigenvalue weighted by molar-refractivity contribution is -0.136. The second-order valence-electron chi connectivity index (χ2n) is 4.60. The van der Waals surface area contributed by atoms with Crippen molar-refractivity contribution in [1.82, 2.24) is 5.32 Å². The molecule has 2 N–H and O–H groups in total. The van der Waals surface area contributed by atoms with E-state index < -0.39 is 11.5 Å². The van der Waals surface area contributed by atoms with Gasteiger partial charge in [-0.25, -0.2) is 0 Å². The Morgan fingerprint density at radius 1 is 1.00 bits per heavy atom. The molecule has 0 aliphatic carbocycles. The Kier molecular flexibility index (Phi) is 3.97. The minimum atomic E-state index is -0.863. The van der Waals surface area contributed by atoms with Crippen LogP contribution in [0.5, 0.6) is 0 Å². The second kappa shape index (κ2) is 5.67. The van der Waals surface area contributed by atoms with Crippen molar-refractivity contribution in [2.75, 3.05) is 6.54 Å². The van der Waals surface area contributed by atoms with Crippen molar-refractivity contribution >= 4 is 5.97 Å². The molecule has 0 saturated heterocycles. The van der Waals surface area contributed by atoms with Gasteiger partial charge >= 0.3 is 5.97 Å². The van der Waals surface area contributed by atoms with Gasteiger partial charge in [-0.1, -0.05) is 60.7 Å². The van der Waals surface area contributed by atoms with E-state index in [9.17, 15) is 4.79 Å². The number of carbonyl (C=O) groups is 1. The van der Waals surface area contributed by atoms with Crippen LogP contribution in [0.3, 0.4) is 0 Å². The number of carboxylic acid groups (broad SMARTS) is 1. The van der Waals surface area contributed by atoms with Crippen LogP contribution < -0.4 is 5.32 Å². The number of benzene rings is 2. The van der Waals surface area contributed by atoms with Crippen molar-refractivity contribution in [3.63, 3.8) is 0 Å². The van der Waals surface area contributed by atoms with E-state index in [4.69, 9.17) is 5.11 Å². The smallest absolute Gasteiger partial charge is 0.317 e. The van der Waals surface area contributed by atoms with E-state index in [-0.39, 0.29) is 6.54 Å². The predicted octanol–water partition coefficient (Wildman–Crippen LogP) is 2.62. The van der Waals surface area contributed by atoms with Crippen LogP contribution in [0.15, 0.2) is 60.7 Å². The molecule has 0 spiro atoms. The van der Waals surface area contributed by atoms with E-state index >= 15 is 0 Å². The Morgan fingerprint density at radius 3 is 1.79 bits per heavy atom. The Morgan fingerprint density at radius 2 is 1.42 bits per heavy atom. The molecule has 0 bridgehead atoms. The summed E-state index contributed by atoms with van der Waals surface area (Å²) in [7, 11) is 0. The molecule has 0 atom stereocenters. The fourth-order valence-electron chi connectivity index (χ4n) is 2.17. The fraction of sp³-hybridized carbons (Fsp3) is 0.188. The number of nitrogens with one attached hydrogen (secondary N) is 1. The third-order valence-corrected chi connectivity index (χ3v) is 3.30. The zero-order valence-electron chi connectivity index (χ0n) is 10.8. The maximum atomic E-state index is 10.8. The van der Waals surface area contributed by atoms with Gasteiger partial charge in [0.25, 0.3) is 0 Å². The van der Waals surface area contributed by atoms with Crippen LogP contribution in [-0.4, -0.2) is 17.6 Å². The van der Waals surface area contributed by atoms with Gasteiger partial charge in [0.1, 0.15) is 0 Å². The lowest BCUT2D eigenvalue weighted by atomic mass is 9.84. The minimum absolute atomic E-state index is 0.0830. The highest BCUT2D eigenvalue weighted by Gasteiger charge is 2.28. The van der Waals surface area contributed by atoms with Crippen LogP contribution in [0.25, 0.3) is 0 Å². The SMILES string of the molecule is CC(NCC(=O)O)(c1ccccc1)c1ccccc1. The summed E-state index contributed by atoms with van der Waals surface area (Å²) >= 11 is 0. The topological polar surface area (TPSA) is 49.3 Å². The first kappa shape index (κ1) is 13.3. The van der Waals surface area contributed by atoms with Gasteiger partial charge in [-0.15, -0.1) is 0 Å². The van der Waals surface area contributed by atoms with E-state index in [0.29, 0.717) is 0 Å². The first-order valence-electron chi connectivity index (χ1n) is 6.21. The normalized spacial score (nSPS) is 11.2. The van der Waals surface area contributed by atoms with Crippen LogP contribution in [0.2, 0.25) is 0 Å². The van der Waals surface area contributed by atoms with Gasteiger partial charge in [0.2, 0.25) is 0 Å². The number of rotatable bonds is 5. The molecule has 0 aliphatic rings. The molecule has 0 radical (unpaired) electrons. The third-order valence-electron chi connectivity index (χ3n) is 3.30. The average molecular weight is 255 g/mol. The molecule has 2 aromatic carbocycles. The molecule has 0 heterocycles. The highest BCUT2D eigenvalue weighted by molar-refractivity contribution is 5.69. The Bertz CT molecular complexity index is 498. The molecule has 3 nitrogen and oxygen atoms in total. The van der Waals surface area contributed by atoms with E-state index in [0.717, 1.165) is 11.1 Å². The van der Waals surface area contributed by atoms with E-state index in [1.165, 1.54) is 0 Å². The summed E-state index contributed by atoms with van der Waals surface area (Å²) in [6, 6.07) is 19.7. The van der Waals surface area contributed by atoms with Crippen molar-refractivity contribution in [3.05, 3.63) is 71.8 Å². The molecule has 2 rings (SSSR count). The summed E-state index contributed by atoms with van der Waals surface area (Å²) in [5.41, 5.74) is 1.57. The van der Waals surface area contributed by atoms with E-state index in [2.05, 4.69) is 5.32 Å². The lowest BCUT2D eigenvalue weighted by Crippen LogP contribution is -2.43. The Balaban J connectivity index is 2.41. The van der Waals surface area contributed by atoms with Crippen LogP contribution in [-0.2, 0) is 10.3 Å². The van der Waals surface area contributed by atoms with Gasteiger partial charge in [0.15, 0.2) is 0 Å². The molecule has 3 heteroatoms. The summed E-state index contributed by atoms with van der Waals surface area (Å²) in [4.78, 5) is 10.8. The summed E-state index contributed by atoms with van der Waals surface area (Å²) < 4.78 is 0. The third kappa shape index (κ3) is 3.01. The summed E-state index contributed by atoms with van der Waals surface area (Å²) in [6.07, 6.45) is 0. The Hall–Kier alpha value is -2.13. The minimum Gasteiger partial charge on any atom is -0.480 e. The number of aliphatic carboxylic acids is 1. The molecule has 0 unspecified atom stereocenters. The van der Waals surface area contributed by atoms with Crippen LogP contribution >= 0.6 is 0 Å². The van der Waals surface area contributed by atoms with Gasteiger partial charge in [0.05, 0.1) is 12.1 Å². The van der Waals surface area contributed by atoms with Crippen molar-refractivity contribution in [2.45, 2.75) is 12.5 Å². The second-order valence-corrected chi connectivity index (χ2v) is 4.60. The quantitative estimate of drug-likeness (QED) is 0.863. The maximum Gasteiger partial charge on any atom is 0.317 e. The Labute approximate surface area is 112 Å². The van der Waals surface area contributed by atoms with E-state index in [1.807, 2.05) is 67.6 Å².